The topological polar surface area (TPSA) is 68.6 Å². The van der Waals surface area contributed by atoms with Gasteiger partial charge in [0.05, 0.1) is 13.7 Å². The van der Waals surface area contributed by atoms with Crippen LogP contribution in [-0.4, -0.2) is 47.3 Å². The number of methoxy groups -OCH3 is 1. The van der Waals surface area contributed by atoms with E-state index in [0.29, 0.717) is 36.3 Å². The summed E-state index contributed by atoms with van der Waals surface area (Å²) < 4.78 is 6.64. The van der Waals surface area contributed by atoms with E-state index in [4.69, 9.17) is 4.74 Å². The van der Waals surface area contributed by atoms with Crippen LogP contribution in [-0.2, 0) is 16.1 Å². The van der Waals surface area contributed by atoms with E-state index in [-0.39, 0.29) is 18.2 Å². The first-order valence-electron chi connectivity index (χ1n) is 8.42. The summed E-state index contributed by atoms with van der Waals surface area (Å²) in [6, 6.07) is 0. The van der Waals surface area contributed by atoms with Crippen LogP contribution in [0.2, 0.25) is 0 Å². The van der Waals surface area contributed by atoms with Gasteiger partial charge in [-0.3, -0.25) is 9.59 Å². The van der Waals surface area contributed by atoms with Crippen molar-refractivity contribution in [2.75, 3.05) is 20.2 Å². The highest BCUT2D eigenvalue weighted by atomic mass is 16.5. The normalized spacial score (nSPS) is 10.6. The number of carbonyl (C=O) groups is 3. The molecule has 6 heteroatoms. The van der Waals surface area contributed by atoms with Gasteiger partial charge < -0.3 is 14.2 Å². The maximum atomic E-state index is 12.8. The molecule has 6 nitrogen and oxygen atoms in total. The minimum absolute atomic E-state index is 0.0382. The average Bonchev–Trinajstić information content (AvgIpc) is 2.82. The van der Waals surface area contributed by atoms with Crippen molar-refractivity contribution in [1.29, 1.82) is 0 Å². The summed E-state index contributed by atoms with van der Waals surface area (Å²) in [7, 11) is 1.33. The van der Waals surface area contributed by atoms with E-state index in [1.165, 1.54) is 7.11 Å². The van der Waals surface area contributed by atoms with Crippen molar-refractivity contribution in [2.45, 2.75) is 54.0 Å². The van der Waals surface area contributed by atoms with Gasteiger partial charge in [0.25, 0.3) is 0 Å². The van der Waals surface area contributed by atoms with Gasteiger partial charge in [-0.1, -0.05) is 13.8 Å². The molecule has 0 aliphatic rings. The lowest BCUT2D eigenvalue weighted by Crippen LogP contribution is -2.36. The lowest BCUT2D eigenvalue weighted by Gasteiger charge is -2.21. The smallest absolute Gasteiger partial charge is 0.354 e. The molecule has 1 rings (SSSR count). The second-order valence-corrected chi connectivity index (χ2v) is 5.76. The molecule has 0 unspecified atom stereocenters. The fourth-order valence-electron chi connectivity index (χ4n) is 3.10. The maximum absolute atomic E-state index is 12.8. The van der Waals surface area contributed by atoms with Crippen molar-refractivity contribution in [1.82, 2.24) is 9.47 Å². The standard InChI is InChI=1S/C18H28N2O4/c1-7-10-19(15(22)8-2)11-14(21)16-12(4)17(18(23)24-6)20(9-3)13(16)5/h7-11H2,1-6H3. The van der Waals surface area contributed by atoms with Gasteiger partial charge in [-0.15, -0.1) is 0 Å². The van der Waals surface area contributed by atoms with E-state index in [9.17, 15) is 14.4 Å². The molecule has 0 N–H and O–H groups in total. The summed E-state index contributed by atoms with van der Waals surface area (Å²) in [5.41, 5.74) is 2.28. The Labute approximate surface area is 143 Å². The second-order valence-electron chi connectivity index (χ2n) is 5.76. The van der Waals surface area contributed by atoms with Crippen LogP contribution in [0.25, 0.3) is 0 Å². The minimum atomic E-state index is -0.452. The van der Waals surface area contributed by atoms with E-state index in [1.807, 2.05) is 20.8 Å². The van der Waals surface area contributed by atoms with Crippen molar-refractivity contribution < 1.29 is 19.1 Å². The summed E-state index contributed by atoms with van der Waals surface area (Å²) in [5, 5.41) is 0. The van der Waals surface area contributed by atoms with Crippen LogP contribution in [0.3, 0.4) is 0 Å². The molecule has 0 radical (unpaired) electrons. The molecule has 1 amide bonds. The molecule has 0 spiro atoms. The fourth-order valence-corrected chi connectivity index (χ4v) is 3.10. The number of ether oxygens (including phenoxy) is 1. The molecule has 0 bridgehead atoms. The Kier molecular flexibility index (Phi) is 7.19. The molecule has 0 atom stereocenters. The Morgan fingerprint density at radius 1 is 1.12 bits per heavy atom. The van der Waals surface area contributed by atoms with Crippen molar-refractivity contribution in [3.63, 3.8) is 0 Å². The molecule has 1 aromatic rings. The number of hydrogen-bond donors (Lipinski definition) is 0. The quantitative estimate of drug-likeness (QED) is 0.541. The monoisotopic (exact) mass is 336 g/mol. The molecule has 0 aliphatic heterocycles. The van der Waals surface area contributed by atoms with E-state index in [0.717, 1.165) is 12.1 Å². The highest BCUT2D eigenvalue weighted by Gasteiger charge is 2.27. The number of hydrogen-bond acceptors (Lipinski definition) is 4. The van der Waals surface area contributed by atoms with Crippen LogP contribution in [0.15, 0.2) is 0 Å². The van der Waals surface area contributed by atoms with Crippen molar-refractivity contribution in [3.05, 3.63) is 22.5 Å². The number of nitrogens with zero attached hydrogens (tertiary/aromatic N) is 2. The summed E-state index contributed by atoms with van der Waals surface area (Å²) in [5.74, 6) is -0.632. The van der Waals surface area contributed by atoms with Crippen LogP contribution in [0, 0.1) is 13.8 Å². The lowest BCUT2D eigenvalue weighted by atomic mass is 10.0. The third-order valence-corrected chi connectivity index (χ3v) is 4.22. The third kappa shape index (κ3) is 3.86. The fraction of sp³-hybridized carbons (Fsp3) is 0.611. The van der Waals surface area contributed by atoms with E-state index < -0.39 is 5.97 Å². The molecule has 1 heterocycles. The van der Waals surface area contributed by atoms with Crippen LogP contribution in [0.5, 0.6) is 0 Å². The molecule has 0 aromatic carbocycles. The Bertz CT molecular complexity index is 631. The number of esters is 1. The molecule has 0 saturated heterocycles. The van der Waals surface area contributed by atoms with Gasteiger partial charge in [-0.2, -0.15) is 0 Å². The SMILES string of the molecule is CCCN(CC(=O)c1c(C)c(C(=O)OC)n(CC)c1C)C(=O)CC. The molecule has 134 valence electrons. The first-order valence-corrected chi connectivity index (χ1v) is 8.42. The Morgan fingerprint density at radius 2 is 1.75 bits per heavy atom. The Morgan fingerprint density at radius 3 is 2.21 bits per heavy atom. The largest absolute Gasteiger partial charge is 0.464 e. The van der Waals surface area contributed by atoms with Crippen LogP contribution in [0.1, 0.15) is 65.7 Å². The van der Waals surface area contributed by atoms with Gasteiger partial charge in [-0.05, 0) is 32.8 Å². The van der Waals surface area contributed by atoms with Crippen molar-refractivity contribution in [3.8, 4) is 0 Å². The Balaban J connectivity index is 3.26. The zero-order chi connectivity index (χ0) is 18.4. The number of carbonyl (C=O) groups excluding carboxylic acids is 3. The zero-order valence-electron chi connectivity index (χ0n) is 15.6. The highest BCUT2D eigenvalue weighted by molar-refractivity contribution is 6.04. The number of ketones is 1. The number of rotatable bonds is 8. The first-order chi connectivity index (χ1) is 11.3. The second kappa shape index (κ2) is 8.66. The van der Waals surface area contributed by atoms with E-state index in [1.54, 1.807) is 23.3 Å². The molecule has 24 heavy (non-hydrogen) atoms. The van der Waals surface area contributed by atoms with Gasteiger partial charge in [0, 0.05) is 30.8 Å². The van der Waals surface area contributed by atoms with E-state index >= 15 is 0 Å². The van der Waals surface area contributed by atoms with Gasteiger partial charge in [0.15, 0.2) is 5.78 Å². The summed E-state index contributed by atoms with van der Waals surface area (Å²) >= 11 is 0. The summed E-state index contributed by atoms with van der Waals surface area (Å²) in [4.78, 5) is 38.5. The van der Waals surface area contributed by atoms with Gasteiger partial charge in [0.2, 0.25) is 5.91 Å². The third-order valence-electron chi connectivity index (χ3n) is 4.22. The van der Waals surface area contributed by atoms with Crippen LogP contribution >= 0.6 is 0 Å². The van der Waals surface area contributed by atoms with Crippen LogP contribution in [0.4, 0.5) is 0 Å². The van der Waals surface area contributed by atoms with Gasteiger partial charge in [0.1, 0.15) is 5.69 Å². The van der Waals surface area contributed by atoms with Crippen LogP contribution < -0.4 is 0 Å². The Hall–Kier alpha value is -2.11. The lowest BCUT2D eigenvalue weighted by molar-refractivity contribution is -0.130. The maximum Gasteiger partial charge on any atom is 0.354 e. The highest BCUT2D eigenvalue weighted by Crippen LogP contribution is 2.24. The summed E-state index contributed by atoms with van der Waals surface area (Å²) in [6.45, 7) is 10.4. The average molecular weight is 336 g/mol. The van der Waals surface area contributed by atoms with Gasteiger partial charge >= 0.3 is 5.97 Å². The molecule has 0 aliphatic carbocycles. The zero-order valence-corrected chi connectivity index (χ0v) is 15.6. The number of amides is 1. The number of aromatic nitrogens is 1. The van der Waals surface area contributed by atoms with Crippen molar-refractivity contribution in [2.24, 2.45) is 0 Å². The van der Waals surface area contributed by atoms with Gasteiger partial charge in [-0.25, -0.2) is 4.79 Å². The molecule has 0 saturated carbocycles. The van der Waals surface area contributed by atoms with E-state index in [2.05, 4.69) is 0 Å². The minimum Gasteiger partial charge on any atom is -0.464 e. The molecular formula is C18H28N2O4. The molecule has 1 aromatic heterocycles. The number of Topliss-reactive ketones (excluding diaryl/α,β-unsaturated/α-hetero) is 1. The predicted octanol–water partition coefficient (Wildman–Crippen LogP) is 2.74. The molecule has 0 fully saturated rings. The molecular weight excluding hydrogens is 308 g/mol. The summed E-state index contributed by atoms with van der Waals surface area (Å²) in [6.07, 6.45) is 1.16. The predicted molar refractivity (Wildman–Crippen MR) is 92.4 cm³/mol. The first kappa shape index (κ1) is 19.9. The van der Waals surface area contributed by atoms with Crippen molar-refractivity contribution >= 4 is 17.7 Å².